The van der Waals surface area contributed by atoms with E-state index in [0.29, 0.717) is 5.71 Å². The van der Waals surface area contributed by atoms with Gasteiger partial charge in [0.2, 0.25) is 0 Å². The fourth-order valence-corrected chi connectivity index (χ4v) is 1.51. The molecule has 20 heavy (non-hydrogen) atoms. The summed E-state index contributed by atoms with van der Waals surface area (Å²) in [4.78, 5) is 19.3. The first-order chi connectivity index (χ1) is 9.56. The van der Waals surface area contributed by atoms with Gasteiger partial charge in [-0.3, -0.25) is 15.1 Å². The Hall–Kier alpha value is -2.96. The molecule has 0 aliphatic heterocycles. The number of nitrogens with zero attached hydrogens (tertiary/aromatic N) is 3. The number of hydrogen-bond acceptors (Lipinski definition) is 6. The fourth-order valence-electron chi connectivity index (χ4n) is 1.51. The first-order valence-electron chi connectivity index (χ1n) is 5.73. The van der Waals surface area contributed by atoms with Crippen LogP contribution in [-0.4, -0.2) is 15.6 Å². The second kappa shape index (κ2) is 5.79. The standard InChI is InChI=1S/C13H12N4O3/c1-9(10-3-2-4-15-8-10)16-20-13-6-11(14)5-12(7-13)17(18)19/h2-8H,14H2,1H3/b16-9-. The van der Waals surface area contributed by atoms with E-state index in [9.17, 15) is 10.1 Å². The maximum atomic E-state index is 10.7. The number of nitrogen functional groups attached to an aromatic ring is 1. The van der Waals surface area contributed by atoms with Crippen LogP contribution in [0.1, 0.15) is 12.5 Å². The van der Waals surface area contributed by atoms with E-state index in [1.165, 1.54) is 18.2 Å². The third kappa shape index (κ3) is 3.29. The molecule has 7 heteroatoms. The molecule has 0 radical (unpaired) electrons. The third-order valence-electron chi connectivity index (χ3n) is 2.49. The van der Waals surface area contributed by atoms with Gasteiger partial charge in [-0.2, -0.15) is 0 Å². The molecule has 7 nitrogen and oxygen atoms in total. The van der Waals surface area contributed by atoms with Crippen LogP contribution in [0, 0.1) is 10.1 Å². The van der Waals surface area contributed by atoms with Gasteiger partial charge in [0, 0.05) is 35.8 Å². The van der Waals surface area contributed by atoms with Crippen molar-refractivity contribution in [3.8, 4) is 5.75 Å². The van der Waals surface area contributed by atoms with Crippen molar-refractivity contribution in [2.45, 2.75) is 6.92 Å². The van der Waals surface area contributed by atoms with Gasteiger partial charge in [0.1, 0.15) is 0 Å². The minimum Gasteiger partial charge on any atom is -0.398 e. The number of pyridine rings is 1. The van der Waals surface area contributed by atoms with Gasteiger partial charge in [-0.25, -0.2) is 0 Å². The van der Waals surface area contributed by atoms with Gasteiger partial charge in [0.15, 0.2) is 5.75 Å². The zero-order valence-electron chi connectivity index (χ0n) is 10.7. The van der Waals surface area contributed by atoms with Gasteiger partial charge in [0.05, 0.1) is 16.7 Å². The molecule has 2 rings (SSSR count). The highest BCUT2D eigenvalue weighted by molar-refractivity contribution is 5.98. The summed E-state index contributed by atoms with van der Waals surface area (Å²) in [6, 6.07) is 7.59. The smallest absolute Gasteiger partial charge is 0.275 e. The predicted molar refractivity (Wildman–Crippen MR) is 74.6 cm³/mol. The zero-order chi connectivity index (χ0) is 14.5. The highest BCUT2D eigenvalue weighted by Crippen LogP contribution is 2.24. The molecule has 1 heterocycles. The van der Waals surface area contributed by atoms with Crippen LogP contribution >= 0.6 is 0 Å². The number of rotatable bonds is 4. The Morgan fingerprint density at radius 1 is 1.45 bits per heavy atom. The normalized spacial score (nSPS) is 11.2. The van der Waals surface area contributed by atoms with E-state index < -0.39 is 4.92 Å². The molecule has 0 amide bonds. The Labute approximate surface area is 114 Å². The van der Waals surface area contributed by atoms with Crippen LogP contribution in [0.15, 0.2) is 47.9 Å². The van der Waals surface area contributed by atoms with Crippen molar-refractivity contribution >= 4 is 17.1 Å². The molecule has 0 atom stereocenters. The number of hydrogen-bond donors (Lipinski definition) is 1. The minimum atomic E-state index is -0.541. The molecule has 1 aromatic heterocycles. The molecular weight excluding hydrogens is 260 g/mol. The van der Waals surface area contributed by atoms with Gasteiger partial charge < -0.3 is 10.6 Å². The average molecular weight is 272 g/mol. The van der Waals surface area contributed by atoms with Gasteiger partial charge in [0.25, 0.3) is 5.69 Å². The monoisotopic (exact) mass is 272 g/mol. The summed E-state index contributed by atoms with van der Waals surface area (Å²) >= 11 is 0. The lowest BCUT2D eigenvalue weighted by Gasteiger charge is -2.03. The van der Waals surface area contributed by atoms with E-state index in [-0.39, 0.29) is 17.1 Å². The van der Waals surface area contributed by atoms with Gasteiger partial charge in [-0.05, 0) is 19.1 Å². The largest absolute Gasteiger partial charge is 0.398 e. The maximum absolute atomic E-state index is 10.7. The van der Waals surface area contributed by atoms with Crippen molar-refractivity contribution in [2.75, 3.05) is 5.73 Å². The zero-order valence-corrected chi connectivity index (χ0v) is 10.7. The summed E-state index contributed by atoms with van der Waals surface area (Å²) in [6.07, 6.45) is 3.29. The summed E-state index contributed by atoms with van der Waals surface area (Å²) < 4.78 is 0. The van der Waals surface area contributed by atoms with Gasteiger partial charge >= 0.3 is 0 Å². The molecule has 2 N–H and O–H groups in total. The summed E-state index contributed by atoms with van der Waals surface area (Å²) in [5.41, 5.74) is 7.06. The van der Waals surface area contributed by atoms with Crippen LogP contribution in [-0.2, 0) is 0 Å². The first-order valence-corrected chi connectivity index (χ1v) is 5.73. The van der Waals surface area contributed by atoms with Crippen LogP contribution in [0.4, 0.5) is 11.4 Å². The molecule has 0 saturated heterocycles. The van der Waals surface area contributed by atoms with E-state index in [4.69, 9.17) is 10.6 Å². The van der Waals surface area contributed by atoms with E-state index in [0.717, 1.165) is 5.56 Å². The molecular formula is C13H12N4O3. The molecule has 0 aliphatic rings. The average Bonchev–Trinajstić information content (AvgIpc) is 2.45. The van der Waals surface area contributed by atoms with Gasteiger partial charge in [-0.1, -0.05) is 5.16 Å². The molecule has 0 bridgehead atoms. The number of nitrogens with two attached hydrogens (primary N) is 1. The quantitative estimate of drug-likeness (QED) is 0.398. The number of non-ortho nitro benzene ring substituents is 1. The molecule has 2 aromatic rings. The van der Waals surface area contributed by atoms with Crippen LogP contribution in [0.3, 0.4) is 0 Å². The number of nitro benzene ring substituents is 1. The molecule has 0 fully saturated rings. The molecule has 0 aliphatic carbocycles. The van der Waals surface area contributed by atoms with Crippen molar-refractivity contribution < 1.29 is 9.76 Å². The topological polar surface area (TPSA) is 104 Å². The highest BCUT2D eigenvalue weighted by atomic mass is 16.6. The van der Waals surface area contributed by atoms with Crippen molar-refractivity contribution in [3.63, 3.8) is 0 Å². The Bertz CT molecular complexity index is 656. The Morgan fingerprint density at radius 3 is 2.90 bits per heavy atom. The summed E-state index contributed by atoms with van der Waals surface area (Å²) in [5, 5.41) is 14.6. The van der Waals surface area contributed by atoms with Gasteiger partial charge in [-0.15, -0.1) is 0 Å². The van der Waals surface area contributed by atoms with Crippen molar-refractivity contribution in [1.29, 1.82) is 0 Å². The molecule has 102 valence electrons. The van der Waals surface area contributed by atoms with E-state index >= 15 is 0 Å². The second-order valence-electron chi connectivity index (χ2n) is 4.03. The lowest BCUT2D eigenvalue weighted by atomic mass is 10.2. The van der Waals surface area contributed by atoms with Crippen molar-refractivity contribution in [3.05, 3.63) is 58.4 Å². The Morgan fingerprint density at radius 2 is 2.25 bits per heavy atom. The van der Waals surface area contributed by atoms with Crippen molar-refractivity contribution in [1.82, 2.24) is 4.98 Å². The van der Waals surface area contributed by atoms with Crippen LogP contribution < -0.4 is 10.6 Å². The second-order valence-corrected chi connectivity index (χ2v) is 4.03. The van der Waals surface area contributed by atoms with Crippen LogP contribution in [0.2, 0.25) is 0 Å². The summed E-state index contributed by atoms with van der Waals surface area (Å²) in [5.74, 6) is 0.208. The minimum absolute atomic E-state index is 0.144. The van der Waals surface area contributed by atoms with E-state index in [1.54, 1.807) is 25.4 Å². The Kier molecular flexibility index (Phi) is 3.90. The lowest BCUT2D eigenvalue weighted by molar-refractivity contribution is -0.384. The molecule has 0 saturated carbocycles. The Balaban J connectivity index is 2.20. The third-order valence-corrected chi connectivity index (χ3v) is 2.49. The van der Waals surface area contributed by atoms with Crippen molar-refractivity contribution in [2.24, 2.45) is 5.16 Å². The first kappa shape index (κ1) is 13.5. The molecule has 1 aromatic carbocycles. The SMILES string of the molecule is C/C(=N/Oc1cc(N)cc([N+](=O)[O-])c1)c1cccnc1. The number of aromatic nitrogens is 1. The number of anilines is 1. The van der Waals surface area contributed by atoms with Crippen LogP contribution in [0.25, 0.3) is 0 Å². The number of benzene rings is 1. The summed E-state index contributed by atoms with van der Waals surface area (Å²) in [7, 11) is 0. The highest BCUT2D eigenvalue weighted by Gasteiger charge is 2.09. The summed E-state index contributed by atoms with van der Waals surface area (Å²) in [6.45, 7) is 1.75. The maximum Gasteiger partial charge on any atom is 0.275 e. The predicted octanol–water partition coefficient (Wildman–Crippen LogP) is 2.38. The van der Waals surface area contributed by atoms with Crippen LogP contribution in [0.5, 0.6) is 5.75 Å². The lowest BCUT2D eigenvalue weighted by Crippen LogP contribution is -1.99. The number of nitro groups is 1. The molecule has 0 spiro atoms. The number of oxime groups is 1. The fraction of sp³-hybridized carbons (Fsp3) is 0.0769. The van der Waals surface area contributed by atoms with E-state index in [2.05, 4.69) is 10.1 Å². The van der Waals surface area contributed by atoms with E-state index in [1.807, 2.05) is 6.07 Å². The molecule has 0 unspecified atom stereocenters.